The van der Waals surface area contributed by atoms with Crippen molar-refractivity contribution in [3.05, 3.63) is 0 Å². The molecule has 2 N–H and O–H groups in total. The number of terminal acetylenes is 2. The molecule has 1 aliphatic carbocycles. The Labute approximate surface area is 123 Å². The molecule has 112 valence electrons. The maximum atomic E-state index is 11.7. The zero-order valence-electron chi connectivity index (χ0n) is 13.1. The zero-order chi connectivity index (χ0) is 16.3. The van der Waals surface area contributed by atoms with E-state index in [1.807, 2.05) is 27.7 Å². The van der Waals surface area contributed by atoms with Gasteiger partial charge in [-0.1, -0.05) is 13.8 Å². The van der Waals surface area contributed by atoms with E-state index >= 15 is 0 Å². The van der Waals surface area contributed by atoms with Crippen molar-refractivity contribution in [1.82, 2.24) is 4.90 Å². The molecule has 0 aromatic heterocycles. The molecule has 1 saturated carbocycles. The van der Waals surface area contributed by atoms with Crippen molar-refractivity contribution in [2.45, 2.75) is 52.5 Å². The summed E-state index contributed by atoms with van der Waals surface area (Å²) >= 11 is 0. The number of hydrogen-bond donors (Lipinski definition) is 1. The van der Waals surface area contributed by atoms with E-state index in [1.54, 1.807) is 4.90 Å². The molecule has 4 heteroatoms. The average Bonchev–Trinajstić information content (AvgIpc) is 3.24. The summed E-state index contributed by atoms with van der Waals surface area (Å²) in [5.74, 6) is 1.18. The molecule has 1 aliphatic heterocycles. The summed E-state index contributed by atoms with van der Waals surface area (Å²) in [6.07, 6.45) is 18.9. The van der Waals surface area contributed by atoms with Crippen molar-refractivity contribution in [2.75, 3.05) is 6.54 Å². The minimum absolute atomic E-state index is 0.120. The molecule has 0 aromatic rings. The van der Waals surface area contributed by atoms with Crippen LogP contribution in [-0.2, 0) is 4.79 Å². The molecule has 0 aromatic carbocycles. The summed E-state index contributed by atoms with van der Waals surface area (Å²) in [4.78, 5) is 17.7. The summed E-state index contributed by atoms with van der Waals surface area (Å²) in [5, 5.41) is 0. The number of hydrogen-bond acceptors (Lipinski definition) is 3. The predicted molar refractivity (Wildman–Crippen MR) is 85.9 cm³/mol. The van der Waals surface area contributed by atoms with Crippen LogP contribution in [0.4, 0.5) is 0 Å². The Balaban J connectivity index is 0. The van der Waals surface area contributed by atoms with Gasteiger partial charge in [0.15, 0.2) is 5.96 Å². The molecule has 0 bridgehead atoms. The first-order valence-electron chi connectivity index (χ1n) is 6.80. The van der Waals surface area contributed by atoms with Crippen LogP contribution in [0, 0.1) is 31.6 Å². The third-order valence-electron chi connectivity index (χ3n) is 2.72. The van der Waals surface area contributed by atoms with Gasteiger partial charge in [-0.3, -0.25) is 9.69 Å². The fourth-order valence-corrected chi connectivity index (χ4v) is 1.76. The van der Waals surface area contributed by atoms with Crippen molar-refractivity contribution in [2.24, 2.45) is 16.6 Å². The Morgan fingerprint density at radius 3 is 2.05 bits per heavy atom. The molecule has 1 heterocycles. The van der Waals surface area contributed by atoms with Crippen LogP contribution < -0.4 is 5.73 Å². The Kier molecular flexibility index (Phi) is 10.1. The number of carbonyl (C=O) groups is 1. The van der Waals surface area contributed by atoms with Crippen molar-refractivity contribution in [3.8, 4) is 25.7 Å². The van der Waals surface area contributed by atoms with Gasteiger partial charge in [-0.2, -0.15) is 0 Å². The maximum Gasteiger partial charge on any atom is 0.231 e. The highest BCUT2D eigenvalue weighted by Crippen LogP contribution is 2.31. The van der Waals surface area contributed by atoms with E-state index in [0.717, 1.165) is 6.54 Å². The molecule has 2 rings (SSSR count). The van der Waals surface area contributed by atoms with Crippen LogP contribution in [0.5, 0.6) is 0 Å². The second-order valence-corrected chi connectivity index (χ2v) is 4.91. The van der Waals surface area contributed by atoms with Gasteiger partial charge in [0, 0.05) is 6.54 Å². The van der Waals surface area contributed by atoms with E-state index in [-0.39, 0.29) is 11.4 Å². The maximum absolute atomic E-state index is 11.7. The van der Waals surface area contributed by atoms with Gasteiger partial charge in [0.1, 0.15) is 0 Å². The SMILES string of the molecule is C#C.C#C.CC.CC1(C)CC(=O)N(CC2CC2)C(N)=N1. The molecule has 0 saturated heterocycles. The lowest BCUT2D eigenvalue weighted by atomic mass is 9.99. The molecular weight excluding hydrogens is 250 g/mol. The summed E-state index contributed by atoms with van der Waals surface area (Å²) in [6, 6.07) is 0. The van der Waals surface area contributed by atoms with Gasteiger partial charge in [-0.15, -0.1) is 25.7 Å². The van der Waals surface area contributed by atoms with Crippen LogP contribution in [0.15, 0.2) is 4.99 Å². The molecule has 2 aliphatic rings. The number of aliphatic imine (C=N–C) groups is 1. The van der Waals surface area contributed by atoms with E-state index in [9.17, 15) is 4.79 Å². The van der Waals surface area contributed by atoms with Crippen LogP contribution in [0.1, 0.15) is 47.0 Å². The summed E-state index contributed by atoms with van der Waals surface area (Å²) in [5.41, 5.74) is 5.46. The minimum atomic E-state index is -0.318. The van der Waals surface area contributed by atoms with E-state index in [0.29, 0.717) is 18.3 Å². The van der Waals surface area contributed by atoms with E-state index in [1.165, 1.54) is 12.8 Å². The molecule has 20 heavy (non-hydrogen) atoms. The van der Waals surface area contributed by atoms with Crippen LogP contribution in [0.3, 0.4) is 0 Å². The van der Waals surface area contributed by atoms with Gasteiger partial charge in [0.25, 0.3) is 0 Å². The second-order valence-electron chi connectivity index (χ2n) is 4.91. The third kappa shape index (κ3) is 6.85. The molecule has 0 radical (unpaired) electrons. The van der Waals surface area contributed by atoms with Gasteiger partial charge < -0.3 is 5.73 Å². The van der Waals surface area contributed by atoms with Crippen molar-refractivity contribution in [1.29, 1.82) is 0 Å². The largest absolute Gasteiger partial charge is 0.369 e. The Bertz CT molecular complexity index is 356. The minimum Gasteiger partial charge on any atom is -0.369 e. The van der Waals surface area contributed by atoms with Gasteiger partial charge >= 0.3 is 0 Å². The lowest BCUT2D eigenvalue weighted by Gasteiger charge is -2.32. The smallest absolute Gasteiger partial charge is 0.231 e. The molecule has 0 atom stereocenters. The van der Waals surface area contributed by atoms with Crippen LogP contribution >= 0.6 is 0 Å². The van der Waals surface area contributed by atoms with Gasteiger partial charge in [0.05, 0.1) is 12.0 Å². The number of guanidine groups is 1. The average molecular weight is 277 g/mol. The van der Waals surface area contributed by atoms with Gasteiger partial charge in [0.2, 0.25) is 5.91 Å². The molecule has 1 fully saturated rings. The van der Waals surface area contributed by atoms with Crippen LogP contribution in [0.25, 0.3) is 0 Å². The number of nitrogens with zero attached hydrogens (tertiary/aromatic N) is 2. The predicted octanol–water partition coefficient (Wildman–Crippen LogP) is 2.25. The molecule has 0 spiro atoms. The monoisotopic (exact) mass is 277 g/mol. The highest BCUT2D eigenvalue weighted by Gasteiger charge is 2.35. The molecule has 1 amide bonds. The van der Waals surface area contributed by atoms with E-state index in [4.69, 9.17) is 5.73 Å². The van der Waals surface area contributed by atoms with E-state index < -0.39 is 0 Å². The standard InChI is InChI=1S/C10H17N3O.C2H6.2C2H2/c1-10(2)5-8(14)13(9(11)12-10)6-7-3-4-7;3*1-2/h7H,3-6H2,1-2H3,(H2,11,12);1-2H3;2*1-2H. The summed E-state index contributed by atoms with van der Waals surface area (Å²) in [7, 11) is 0. The second kappa shape index (κ2) is 9.92. The first kappa shape index (κ1) is 20.4. The Morgan fingerprint density at radius 1 is 1.25 bits per heavy atom. The molecular formula is C16H27N3O. The molecule has 4 nitrogen and oxygen atoms in total. The van der Waals surface area contributed by atoms with Crippen molar-refractivity contribution in [3.63, 3.8) is 0 Å². The number of nitrogens with two attached hydrogens (primary N) is 1. The van der Waals surface area contributed by atoms with Gasteiger partial charge in [-0.05, 0) is 32.6 Å². The first-order chi connectivity index (χ1) is 9.48. The lowest BCUT2D eigenvalue weighted by Crippen LogP contribution is -2.50. The van der Waals surface area contributed by atoms with Crippen molar-refractivity contribution >= 4 is 11.9 Å². The number of amides is 1. The Morgan fingerprint density at radius 2 is 1.70 bits per heavy atom. The highest BCUT2D eigenvalue weighted by atomic mass is 16.2. The quantitative estimate of drug-likeness (QED) is 0.787. The summed E-state index contributed by atoms with van der Waals surface area (Å²) < 4.78 is 0. The van der Waals surface area contributed by atoms with Crippen molar-refractivity contribution < 1.29 is 4.79 Å². The topological polar surface area (TPSA) is 58.7 Å². The van der Waals surface area contributed by atoms with E-state index in [2.05, 4.69) is 30.7 Å². The fourth-order valence-electron chi connectivity index (χ4n) is 1.76. The van der Waals surface area contributed by atoms with Crippen LogP contribution in [-0.4, -0.2) is 28.9 Å². The summed E-state index contributed by atoms with van der Waals surface area (Å²) in [6.45, 7) is 8.64. The fraction of sp³-hybridized carbons (Fsp3) is 0.625. The lowest BCUT2D eigenvalue weighted by molar-refractivity contribution is -0.129. The molecule has 0 unspecified atom stereocenters. The number of carbonyl (C=O) groups excluding carboxylic acids is 1. The Hall–Kier alpha value is -1.94. The normalized spacial score (nSPS) is 18.9. The van der Waals surface area contributed by atoms with Crippen LogP contribution in [0.2, 0.25) is 0 Å². The first-order valence-corrected chi connectivity index (χ1v) is 6.80. The zero-order valence-corrected chi connectivity index (χ0v) is 13.1. The number of rotatable bonds is 2. The van der Waals surface area contributed by atoms with Gasteiger partial charge in [-0.25, -0.2) is 4.99 Å². The third-order valence-corrected chi connectivity index (χ3v) is 2.72. The highest BCUT2D eigenvalue weighted by molar-refractivity contribution is 5.98.